The molecular formula is C35H52N6O8. The van der Waals surface area contributed by atoms with E-state index in [1.165, 1.54) is 19.3 Å². The first-order chi connectivity index (χ1) is 23.6. The molecule has 2 atom stereocenters. The molecule has 0 saturated carbocycles. The van der Waals surface area contributed by atoms with Gasteiger partial charge in [-0.25, -0.2) is 14.4 Å². The Bertz CT molecular complexity index is 1230. The minimum Gasteiger partial charge on any atom is -0.481 e. The number of nitrogens with zero attached hydrogens (tertiary/aromatic N) is 3. The van der Waals surface area contributed by atoms with E-state index in [0.29, 0.717) is 25.8 Å². The molecule has 0 aliphatic carbocycles. The number of aromatic nitrogens is 2. The van der Waals surface area contributed by atoms with Gasteiger partial charge >= 0.3 is 23.9 Å². The van der Waals surface area contributed by atoms with Gasteiger partial charge in [-0.1, -0.05) is 50.7 Å². The molecule has 0 aliphatic heterocycles. The number of nitrogens with one attached hydrogen (secondary N) is 3. The number of carbonyl (C=O) groups excluding carboxylic acids is 2. The maximum Gasteiger partial charge on any atom is 0.326 e. The maximum absolute atomic E-state index is 12.2. The Labute approximate surface area is 288 Å². The molecule has 0 radical (unpaired) electrons. The molecule has 2 aromatic rings. The Morgan fingerprint density at radius 3 is 1.67 bits per heavy atom. The third-order valence-corrected chi connectivity index (χ3v) is 7.95. The molecule has 0 aromatic carbocycles. The molecule has 2 aromatic heterocycles. The van der Waals surface area contributed by atoms with Gasteiger partial charge in [-0.05, 0) is 69.3 Å². The van der Waals surface area contributed by atoms with Crippen molar-refractivity contribution >= 4 is 29.8 Å². The van der Waals surface area contributed by atoms with E-state index in [0.717, 1.165) is 63.1 Å². The highest BCUT2D eigenvalue weighted by molar-refractivity contribution is 5.86. The van der Waals surface area contributed by atoms with Crippen LogP contribution in [0.25, 0.3) is 0 Å². The van der Waals surface area contributed by atoms with E-state index in [9.17, 15) is 29.1 Å². The van der Waals surface area contributed by atoms with E-state index in [1.807, 2.05) is 36.7 Å². The van der Waals surface area contributed by atoms with Crippen LogP contribution >= 0.6 is 0 Å². The summed E-state index contributed by atoms with van der Waals surface area (Å²) in [7, 11) is 0. The fourth-order valence-electron chi connectivity index (χ4n) is 5.27. The molecule has 49 heavy (non-hydrogen) atoms. The lowest BCUT2D eigenvalue weighted by Crippen LogP contribution is -2.51. The smallest absolute Gasteiger partial charge is 0.326 e. The van der Waals surface area contributed by atoms with Crippen LogP contribution < -0.4 is 16.0 Å². The molecule has 6 N–H and O–H groups in total. The number of pyridine rings is 2. The largest absolute Gasteiger partial charge is 0.481 e. The topological polar surface area (TPSA) is 211 Å². The van der Waals surface area contributed by atoms with Gasteiger partial charge in [0.05, 0.1) is 11.4 Å². The van der Waals surface area contributed by atoms with Crippen molar-refractivity contribution in [1.82, 2.24) is 30.8 Å². The molecule has 0 unspecified atom stereocenters. The second-order valence-corrected chi connectivity index (χ2v) is 12.1. The van der Waals surface area contributed by atoms with Gasteiger partial charge in [0.15, 0.2) is 0 Å². The second kappa shape index (κ2) is 24.5. The first kappa shape index (κ1) is 40.6. The number of hydrogen-bond donors (Lipinski definition) is 6. The lowest BCUT2D eigenvalue weighted by molar-refractivity contribution is -0.140. The summed E-state index contributed by atoms with van der Waals surface area (Å²) in [6.45, 7) is 2.97. The quantitative estimate of drug-likeness (QED) is 0.0729. The maximum atomic E-state index is 12.2. The van der Waals surface area contributed by atoms with E-state index in [4.69, 9.17) is 10.2 Å². The van der Waals surface area contributed by atoms with Gasteiger partial charge in [0.25, 0.3) is 0 Å². The molecule has 2 rings (SSSR count). The molecule has 0 aliphatic rings. The molecule has 14 nitrogen and oxygen atoms in total. The van der Waals surface area contributed by atoms with Gasteiger partial charge < -0.3 is 31.3 Å². The summed E-state index contributed by atoms with van der Waals surface area (Å²) in [6.07, 6.45) is 13.0. The third kappa shape index (κ3) is 19.7. The summed E-state index contributed by atoms with van der Waals surface area (Å²) in [5.74, 6) is -3.96. The van der Waals surface area contributed by atoms with E-state index in [2.05, 4.69) is 43.0 Å². The number of unbranched alkanes of at least 4 members (excludes halogenated alkanes) is 8. The molecule has 0 fully saturated rings. The third-order valence-electron chi connectivity index (χ3n) is 7.95. The van der Waals surface area contributed by atoms with Crippen LogP contribution in [0.15, 0.2) is 48.8 Å². The number of carboxylic acids is 3. The van der Waals surface area contributed by atoms with Crippen molar-refractivity contribution in [2.75, 3.05) is 13.1 Å². The highest BCUT2D eigenvalue weighted by Gasteiger charge is 2.24. The fourth-order valence-corrected chi connectivity index (χ4v) is 5.27. The van der Waals surface area contributed by atoms with Gasteiger partial charge in [0.2, 0.25) is 5.91 Å². The molecule has 0 bridgehead atoms. The number of rotatable bonds is 27. The number of aliphatic carboxylic acids is 3. The molecule has 14 heteroatoms. The van der Waals surface area contributed by atoms with Crippen LogP contribution in [0.4, 0.5) is 4.79 Å². The average Bonchev–Trinajstić information content (AvgIpc) is 3.07. The molecule has 3 amide bonds. The SMILES string of the molecule is O=C(O)CC[C@H](NC(=O)N[C@@H](CCCCNC(=O)CCCCCCCCCCN(Cc1ccccn1)Cc1ccccn1)C(=O)O)C(=O)O. The van der Waals surface area contributed by atoms with Gasteiger partial charge in [-0.2, -0.15) is 0 Å². The van der Waals surface area contributed by atoms with Gasteiger partial charge in [0.1, 0.15) is 12.1 Å². The molecular weight excluding hydrogens is 632 g/mol. The van der Waals surface area contributed by atoms with Crippen molar-refractivity contribution < 1.29 is 39.3 Å². The van der Waals surface area contributed by atoms with Crippen LogP contribution in [-0.2, 0) is 32.3 Å². The molecule has 0 saturated heterocycles. The lowest BCUT2D eigenvalue weighted by Gasteiger charge is -2.21. The average molecular weight is 685 g/mol. The Balaban J connectivity index is 1.50. The van der Waals surface area contributed by atoms with Crippen molar-refractivity contribution in [2.45, 2.75) is 115 Å². The highest BCUT2D eigenvalue weighted by atomic mass is 16.4. The first-order valence-electron chi connectivity index (χ1n) is 17.2. The Hall–Kier alpha value is -4.59. The summed E-state index contributed by atoms with van der Waals surface area (Å²) in [5, 5.41) is 34.4. The summed E-state index contributed by atoms with van der Waals surface area (Å²) >= 11 is 0. The summed E-state index contributed by atoms with van der Waals surface area (Å²) in [4.78, 5) is 69.1. The van der Waals surface area contributed by atoms with Gasteiger partial charge in [-0.15, -0.1) is 0 Å². The van der Waals surface area contributed by atoms with Crippen LogP contribution in [-0.4, -0.2) is 85.2 Å². The zero-order valence-electron chi connectivity index (χ0n) is 28.2. The summed E-state index contributed by atoms with van der Waals surface area (Å²) in [5.41, 5.74) is 2.11. The van der Waals surface area contributed by atoms with Crippen molar-refractivity contribution in [2.24, 2.45) is 0 Å². The minimum absolute atomic E-state index is 0.0469. The number of amides is 3. The first-order valence-corrected chi connectivity index (χ1v) is 17.2. The normalized spacial score (nSPS) is 12.2. The van der Waals surface area contributed by atoms with E-state index in [-0.39, 0.29) is 18.7 Å². The molecule has 270 valence electrons. The second-order valence-electron chi connectivity index (χ2n) is 12.1. The van der Waals surface area contributed by atoms with Crippen molar-refractivity contribution in [3.63, 3.8) is 0 Å². The zero-order chi connectivity index (χ0) is 35.7. The predicted octanol–water partition coefficient (Wildman–Crippen LogP) is 4.35. The number of carboxylic acid groups (broad SMARTS) is 3. The lowest BCUT2D eigenvalue weighted by atomic mass is 10.1. The van der Waals surface area contributed by atoms with E-state index >= 15 is 0 Å². The monoisotopic (exact) mass is 684 g/mol. The number of urea groups is 1. The fraction of sp³-hybridized carbons (Fsp3) is 0.571. The van der Waals surface area contributed by atoms with Gasteiger partial charge in [-0.3, -0.25) is 24.5 Å². The van der Waals surface area contributed by atoms with Gasteiger partial charge in [0, 0.05) is 44.9 Å². The highest BCUT2D eigenvalue weighted by Crippen LogP contribution is 2.13. The van der Waals surface area contributed by atoms with Crippen LogP contribution in [0.3, 0.4) is 0 Å². The van der Waals surface area contributed by atoms with Crippen molar-refractivity contribution in [3.8, 4) is 0 Å². The van der Waals surface area contributed by atoms with Crippen LogP contribution in [0.1, 0.15) is 101 Å². The summed E-state index contributed by atoms with van der Waals surface area (Å²) < 4.78 is 0. The molecule has 2 heterocycles. The minimum atomic E-state index is -1.46. The summed E-state index contributed by atoms with van der Waals surface area (Å²) in [6, 6.07) is 8.28. The zero-order valence-corrected chi connectivity index (χ0v) is 28.2. The van der Waals surface area contributed by atoms with Crippen molar-refractivity contribution in [1.29, 1.82) is 0 Å². The number of hydrogen-bond acceptors (Lipinski definition) is 8. The Morgan fingerprint density at radius 2 is 1.16 bits per heavy atom. The van der Waals surface area contributed by atoms with Crippen molar-refractivity contribution in [3.05, 3.63) is 60.2 Å². The molecule has 0 spiro atoms. The Kier molecular flexibility index (Phi) is 20.3. The van der Waals surface area contributed by atoms with E-state index in [1.54, 1.807) is 0 Å². The number of carbonyl (C=O) groups is 5. The van der Waals surface area contributed by atoms with Crippen LogP contribution in [0.2, 0.25) is 0 Å². The van der Waals surface area contributed by atoms with Crippen LogP contribution in [0.5, 0.6) is 0 Å². The predicted molar refractivity (Wildman–Crippen MR) is 182 cm³/mol. The Morgan fingerprint density at radius 1 is 0.633 bits per heavy atom. The van der Waals surface area contributed by atoms with Crippen LogP contribution in [0, 0.1) is 0 Å². The van der Waals surface area contributed by atoms with E-state index < -0.39 is 42.4 Å². The standard InChI is InChI=1S/C35H52N6O8/c42-31(38-23-13-10-17-29(33(45)46)39-35(49)40-30(34(47)48)19-20-32(43)44)18-7-5-3-1-2-4-6-14-24-41(25-27-15-8-11-21-36-27)26-28-16-9-12-22-37-28/h8-9,11-12,15-16,21-22,29-30H,1-7,10,13-14,17-20,23-26H2,(H,38,42)(H,43,44)(H,45,46)(H,47,48)(H2,39,40,49)/t29-,30-/m0/s1.